The highest BCUT2D eigenvalue weighted by Gasteiger charge is 2.11. The van der Waals surface area contributed by atoms with E-state index in [1.807, 2.05) is 0 Å². The van der Waals surface area contributed by atoms with Gasteiger partial charge in [-0.3, -0.25) is 9.35 Å². The quantitative estimate of drug-likeness (QED) is 0.495. The monoisotopic (exact) mass is 488 g/mol. The predicted octanol–water partition coefficient (Wildman–Crippen LogP) is 3.43. The molecule has 23 heavy (non-hydrogen) atoms. The second kappa shape index (κ2) is 8.15. The van der Waals surface area contributed by atoms with E-state index in [-0.39, 0.29) is 15.6 Å². The first-order valence-electron chi connectivity index (χ1n) is 5.55. The Balaban J connectivity index is 0.000000231. The van der Waals surface area contributed by atoms with Gasteiger partial charge in [0.2, 0.25) is 5.91 Å². The molecule has 0 saturated carbocycles. The molecule has 6 nitrogen and oxygen atoms in total. The predicted molar refractivity (Wildman–Crippen MR) is 89.4 cm³/mol. The van der Waals surface area contributed by atoms with Crippen LogP contribution in [0.4, 0.5) is 4.39 Å². The first kappa shape index (κ1) is 20.0. The molecule has 3 N–H and O–H groups in total. The Morgan fingerprint density at radius 1 is 1.26 bits per heavy atom. The fourth-order valence-corrected chi connectivity index (χ4v) is 2.84. The number of amides is 1. The summed E-state index contributed by atoms with van der Waals surface area (Å²) < 4.78 is 42.8. The number of rotatable bonds is 2. The van der Waals surface area contributed by atoms with Gasteiger partial charge in [-0.2, -0.15) is 8.42 Å². The maximum absolute atomic E-state index is 12.4. The zero-order valence-corrected chi connectivity index (χ0v) is 15.7. The molecule has 2 aromatic rings. The molecule has 1 heterocycles. The molecule has 1 aromatic carbocycles. The lowest BCUT2D eigenvalue weighted by atomic mass is 10.2. The molecule has 0 unspecified atom stereocenters. The molecule has 0 aliphatic carbocycles. The molecule has 1 aromatic heterocycles. The second-order valence-electron chi connectivity index (χ2n) is 3.91. The van der Waals surface area contributed by atoms with Gasteiger partial charge >= 0.3 is 0 Å². The van der Waals surface area contributed by atoms with Crippen molar-refractivity contribution in [3.8, 4) is 0 Å². The van der Waals surface area contributed by atoms with E-state index in [0.29, 0.717) is 8.95 Å². The molecular weight excluding hydrogens is 482 g/mol. The van der Waals surface area contributed by atoms with Gasteiger partial charge < -0.3 is 5.73 Å². The third-order valence-electron chi connectivity index (χ3n) is 2.27. The Labute approximate surface area is 152 Å². The third kappa shape index (κ3) is 6.15. The van der Waals surface area contributed by atoms with Gasteiger partial charge in [-0.25, -0.2) is 9.37 Å². The van der Waals surface area contributed by atoms with E-state index in [2.05, 4.69) is 36.8 Å². The maximum atomic E-state index is 12.4. The Morgan fingerprint density at radius 3 is 2.30 bits per heavy atom. The minimum absolute atomic E-state index is 0.141. The lowest BCUT2D eigenvalue weighted by molar-refractivity contribution is 0.0999. The summed E-state index contributed by atoms with van der Waals surface area (Å²) in [6, 6.07) is 4.89. The number of aromatic nitrogens is 1. The number of nitrogens with zero attached hydrogens (tertiary/aromatic N) is 1. The lowest BCUT2D eigenvalue weighted by Crippen LogP contribution is -2.11. The van der Waals surface area contributed by atoms with E-state index in [9.17, 15) is 17.6 Å². The number of carbonyl (C=O) groups excluding carboxylic acids is 1. The van der Waals surface area contributed by atoms with Gasteiger partial charge in [0.15, 0.2) is 0 Å². The van der Waals surface area contributed by atoms with Crippen molar-refractivity contribution >= 4 is 59.5 Å². The first-order valence-corrected chi connectivity index (χ1v) is 8.96. The van der Waals surface area contributed by atoms with Crippen molar-refractivity contribution in [1.29, 1.82) is 0 Å². The van der Waals surface area contributed by atoms with Crippen LogP contribution in [0.3, 0.4) is 0 Å². The molecule has 11 heteroatoms. The fourth-order valence-electron chi connectivity index (χ4n) is 1.23. The van der Waals surface area contributed by atoms with Gasteiger partial charge in [0.1, 0.15) is 15.9 Å². The Kier molecular flexibility index (Phi) is 7.08. The Morgan fingerprint density at radius 2 is 1.87 bits per heavy atom. The van der Waals surface area contributed by atoms with E-state index >= 15 is 0 Å². The highest BCUT2D eigenvalue weighted by molar-refractivity contribution is 9.10. The smallest absolute Gasteiger partial charge is 0.296 e. The molecule has 0 bridgehead atoms. The minimum atomic E-state index is -4.19. The summed E-state index contributed by atoms with van der Waals surface area (Å²) in [6.07, 6.45) is 0.975. The summed E-state index contributed by atoms with van der Waals surface area (Å²) >= 11 is 11.5. The molecular formula is C12H8Br2ClFN2O4S. The standard InChI is InChI=1S/C7H5BrFNO.C5H3BrClNO3S/c8-6-3-4(9)1-2-5(6)7(10)11;6-4-1-3(12(9,10)11)2-8-5(4)7/h1-3H,(H2,10,11);1-2H,(H,9,10,11). The highest BCUT2D eigenvalue weighted by Crippen LogP contribution is 2.22. The van der Waals surface area contributed by atoms with Crippen LogP contribution in [-0.2, 0) is 10.1 Å². The molecule has 1 amide bonds. The van der Waals surface area contributed by atoms with E-state index in [0.717, 1.165) is 6.20 Å². The molecule has 0 atom stereocenters. The van der Waals surface area contributed by atoms with Crippen molar-refractivity contribution < 1.29 is 22.2 Å². The SMILES string of the molecule is NC(=O)c1ccc(F)cc1Br.O=S(=O)(O)c1cnc(Cl)c(Br)c1. The van der Waals surface area contributed by atoms with Crippen molar-refractivity contribution in [2.24, 2.45) is 5.73 Å². The van der Waals surface area contributed by atoms with Gasteiger partial charge in [0.05, 0.1) is 10.0 Å². The van der Waals surface area contributed by atoms with Crippen molar-refractivity contribution in [3.63, 3.8) is 0 Å². The van der Waals surface area contributed by atoms with E-state index in [1.165, 1.54) is 24.3 Å². The Bertz CT molecular complexity index is 849. The van der Waals surface area contributed by atoms with E-state index in [1.54, 1.807) is 0 Å². The summed E-state index contributed by atoms with van der Waals surface area (Å²) in [6.45, 7) is 0. The third-order valence-corrected chi connectivity index (χ3v) is 4.87. The molecule has 0 radical (unpaired) electrons. The number of hydrogen-bond donors (Lipinski definition) is 2. The number of pyridine rings is 1. The number of nitrogens with two attached hydrogens (primary N) is 1. The van der Waals surface area contributed by atoms with Crippen LogP contribution >= 0.6 is 43.5 Å². The summed E-state index contributed by atoms with van der Waals surface area (Å²) in [5, 5.41) is 0.141. The molecule has 2 rings (SSSR count). The van der Waals surface area contributed by atoms with Crippen molar-refractivity contribution in [1.82, 2.24) is 4.98 Å². The zero-order valence-electron chi connectivity index (χ0n) is 11.0. The largest absolute Gasteiger partial charge is 0.366 e. The summed E-state index contributed by atoms with van der Waals surface area (Å²) in [4.78, 5) is 13.8. The van der Waals surface area contributed by atoms with Crippen molar-refractivity contribution in [3.05, 3.63) is 55.9 Å². The number of halogens is 4. The molecule has 124 valence electrons. The van der Waals surface area contributed by atoms with Crippen LogP contribution < -0.4 is 5.73 Å². The van der Waals surface area contributed by atoms with Crippen molar-refractivity contribution in [2.45, 2.75) is 4.90 Å². The second-order valence-corrected chi connectivity index (χ2v) is 7.40. The number of primary amides is 1. The molecule has 0 saturated heterocycles. The van der Waals surface area contributed by atoms with Crippen LogP contribution in [0.25, 0.3) is 0 Å². The van der Waals surface area contributed by atoms with Gasteiger partial charge in [-0.1, -0.05) is 11.6 Å². The van der Waals surface area contributed by atoms with Gasteiger partial charge in [-0.15, -0.1) is 0 Å². The van der Waals surface area contributed by atoms with E-state index in [4.69, 9.17) is 21.9 Å². The van der Waals surface area contributed by atoms with Gasteiger partial charge in [0, 0.05) is 10.7 Å². The highest BCUT2D eigenvalue weighted by atomic mass is 79.9. The molecule has 0 aliphatic rings. The molecule has 0 spiro atoms. The summed E-state index contributed by atoms with van der Waals surface area (Å²) in [5.41, 5.74) is 5.26. The molecule has 0 aliphatic heterocycles. The number of hydrogen-bond acceptors (Lipinski definition) is 4. The van der Waals surface area contributed by atoms with Crippen molar-refractivity contribution in [2.75, 3.05) is 0 Å². The average molecular weight is 491 g/mol. The minimum Gasteiger partial charge on any atom is -0.366 e. The zero-order chi connectivity index (χ0) is 17.8. The topological polar surface area (TPSA) is 110 Å². The Hall–Kier alpha value is -1.07. The van der Waals surface area contributed by atoms with Crippen LogP contribution in [0.2, 0.25) is 5.15 Å². The van der Waals surface area contributed by atoms with E-state index < -0.39 is 21.8 Å². The number of carbonyl (C=O) groups is 1. The summed E-state index contributed by atoms with van der Waals surface area (Å²) in [5.74, 6) is -0.973. The van der Waals surface area contributed by atoms with Crippen LogP contribution in [0.15, 0.2) is 44.3 Å². The molecule has 0 fully saturated rings. The van der Waals surface area contributed by atoms with Crippen LogP contribution in [0, 0.1) is 5.82 Å². The lowest BCUT2D eigenvalue weighted by Gasteiger charge is -1.97. The normalized spacial score (nSPS) is 10.7. The number of benzene rings is 1. The van der Waals surface area contributed by atoms with Crippen LogP contribution in [-0.4, -0.2) is 23.9 Å². The van der Waals surface area contributed by atoms with Crippen LogP contribution in [0.1, 0.15) is 10.4 Å². The van der Waals surface area contributed by atoms with Crippen LogP contribution in [0.5, 0.6) is 0 Å². The maximum Gasteiger partial charge on any atom is 0.296 e. The fraction of sp³-hybridized carbons (Fsp3) is 0. The average Bonchev–Trinajstić information content (AvgIpc) is 2.41. The first-order chi connectivity index (χ1) is 10.5. The summed E-state index contributed by atoms with van der Waals surface area (Å²) in [7, 11) is -4.19. The van der Waals surface area contributed by atoms with Gasteiger partial charge in [0.25, 0.3) is 10.1 Å². The van der Waals surface area contributed by atoms with Gasteiger partial charge in [-0.05, 0) is 56.1 Å².